The highest BCUT2D eigenvalue weighted by atomic mass is 14.9. The first kappa shape index (κ1) is 15.5. The van der Waals surface area contributed by atoms with Gasteiger partial charge < -0.3 is 5.73 Å². The van der Waals surface area contributed by atoms with Gasteiger partial charge in [-0.25, -0.2) is 9.97 Å². The summed E-state index contributed by atoms with van der Waals surface area (Å²) in [5.41, 5.74) is 12.0. The van der Waals surface area contributed by atoms with Gasteiger partial charge in [-0.05, 0) is 28.6 Å². The standard InChI is InChI=1S/C24H17N3/c25-24-22(19-11-6-10-18(15-19)16-7-2-1-3-8-16)27-23-20-12-5-4-9-17(20)13-14-21(23)26-24/h1-15H,(H2,25,26). The van der Waals surface area contributed by atoms with E-state index in [1.165, 1.54) is 0 Å². The van der Waals surface area contributed by atoms with Crippen LogP contribution < -0.4 is 5.73 Å². The Morgan fingerprint density at radius 1 is 0.593 bits per heavy atom. The third-order valence-electron chi connectivity index (χ3n) is 4.83. The zero-order chi connectivity index (χ0) is 18.2. The molecule has 0 aliphatic carbocycles. The quantitative estimate of drug-likeness (QED) is 0.417. The maximum atomic E-state index is 6.28. The molecule has 2 N–H and O–H groups in total. The van der Waals surface area contributed by atoms with E-state index in [2.05, 4.69) is 47.4 Å². The van der Waals surface area contributed by atoms with Crippen molar-refractivity contribution >= 4 is 27.6 Å². The second-order valence-electron chi connectivity index (χ2n) is 6.56. The number of aromatic nitrogens is 2. The molecule has 0 spiro atoms. The van der Waals surface area contributed by atoms with Gasteiger partial charge in [0.25, 0.3) is 0 Å². The minimum atomic E-state index is 0.447. The van der Waals surface area contributed by atoms with Crippen LogP contribution in [-0.4, -0.2) is 9.97 Å². The van der Waals surface area contributed by atoms with E-state index in [-0.39, 0.29) is 0 Å². The van der Waals surface area contributed by atoms with E-state index in [0.717, 1.165) is 44.2 Å². The molecule has 0 unspecified atom stereocenters. The Hall–Kier alpha value is -3.72. The van der Waals surface area contributed by atoms with Gasteiger partial charge in [-0.15, -0.1) is 0 Å². The Labute approximate surface area is 157 Å². The summed E-state index contributed by atoms with van der Waals surface area (Å²) < 4.78 is 0. The van der Waals surface area contributed by atoms with E-state index >= 15 is 0 Å². The monoisotopic (exact) mass is 347 g/mol. The van der Waals surface area contributed by atoms with Crippen molar-refractivity contribution < 1.29 is 0 Å². The minimum Gasteiger partial charge on any atom is -0.382 e. The lowest BCUT2D eigenvalue weighted by molar-refractivity contribution is 1.31. The number of benzene rings is 4. The van der Waals surface area contributed by atoms with Crippen LogP contribution in [0.5, 0.6) is 0 Å². The molecule has 1 heterocycles. The van der Waals surface area contributed by atoms with Crippen LogP contribution in [0, 0.1) is 0 Å². The lowest BCUT2D eigenvalue weighted by atomic mass is 10.0. The van der Waals surface area contributed by atoms with Crippen LogP contribution in [0.4, 0.5) is 5.82 Å². The molecular weight excluding hydrogens is 330 g/mol. The van der Waals surface area contributed by atoms with E-state index in [1.54, 1.807) is 0 Å². The maximum Gasteiger partial charge on any atom is 0.150 e. The van der Waals surface area contributed by atoms with E-state index in [4.69, 9.17) is 10.7 Å². The van der Waals surface area contributed by atoms with Gasteiger partial charge in [0.1, 0.15) is 5.69 Å². The third kappa shape index (κ3) is 2.70. The van der Waals surface area contributed by atoms with Gasteiger partial charge in [-0.3, -0.25) is 0 Å². The van der Waals surface area contributed by atoms with Crippen LogP contribution >= 0.6 is 0 Å². The zero-order valence-electron chi connectivity index (χ0n) is 14.6. The summed E-state index contributed by atoms with van der Waals surface area (Å²) in [6.45, 7) is 0. The summed E-state index contributed by atoms with van der Waals surface area (Å²) in [4.78, 5) is 9.54. The van der Waals surface area contributed by atoms with Gasteiger partial charge >= 0.3 is 0 Å². The summed E-state index contributed by atoms with van der Waals surface area (Å²) in [6.07, 6.45) is 0. The first-order valence-corrected chi connectivity index (χ1v) is 8.90. The predicted molar refractivity (Wildman–Crippen MR) is 112 cm³/mol. The number of nitrogen functional groups attached to an aromatic ring is 1. The molecule has 0 saturated heterocycles. The molecule has 4 aromatic carbocycles. The summed E-state index contributed by atoms with van der Waals surface area (Å²) in [5, 5.41) is 2.23. The topological polar surface area (TPSA) is 51.8 Å². The molecule has 0 amide bonds. The Morgan fingerprint density at radius 3 is 2.22 bits per heavy atom. The first-order chi connectivity index (χ1) is 13.3. The Morgan fingerprint density at radius 2 is 1.33 bits per heavy atom. The fraction of sp³-hybridized carbons (Fsp3) is 0. The van der Waals surface area contributed by atoms with Gasteiger partial charge in [0.2, 0.25) is 0 Å². The number of nitrogens with two attached hydrogens (primary N) is 1. The molecule has 1 aromatic heterocycles. The average molecular weight is 347 g/mol. The van der Waals surface area contributed by atoms with E-state index in [1.807, 2.05) is 48.5 Å². The highest BCUT2D eigenvalue weighted by Crippen LogP contribution is 2.31. The van der Waals surface area contributed by atoms with Gasteiger partial charge in [-0.2, -0.15) is 0 Å². The SMILES string of the molecule is Nc1nc2ccc3ccccc3c2nc1-c1cccc(-c2ccccc2)c1. The van der Waals surface area contributed by atoms with Crippen LogP contribution in [0.2, 0.25) is 0 Å². The van der Waals surface area contributed by atoms with Gasteiger partial charge in [0, 0.05) is 10.9 Å². The molecule has 5 aromatic rings. The largest absolute Gasteiger partial charge is 0.382 e. The number of hydrogen-bond donors (Lipinski definition) is 1. The van der Waals surface area contributed by atoms with Crippen molar-refractivity contribution in [3.05, 3.63) is 91.0 Å². The molecule has 0 saturated carbocycles. The van der Waals surface area contributed by atoms with E-state index < -0.39 is 0 Å². The summed E-state index contributed by atoms with van der Waals surface area (Å²) in [7, 11) is 0. The van der Waals surface area contributed by atoms with Crippen LogP contribution in [0.3, 0.4) is 0 Å². The summed E-state index contributed by atoms with van der Waals surface area (Å²) >= 11 is 0. The highest BCUT2D eigenvalue weighted by Gasteiger charge is 2.11. The normalized spacial score (nSPS) is 11.1. The van der Waals surface area contributed by atoms with Gasteiger partial charge in [0.15, 0.2) is 5.82 Å². The van der Waals surface area contributed by atoms with Crippen LogP contribution in [0.25, 0.3) is 44.2 Å². The van der Waals surface area contributed by atoms with Crippen molar-refractivity contribution in [3.8, 4) is 22.4 Å². The average Bonchev–Trinajstić information content (AvgIpc) is 2.74. The van der Waals surface area contributed by atoms with Gasteiger partial charge in [0.05, 0.1) is 11.0 Å². The zero-order valence-corrected chi connectivity index (χ0v) is 14.6. The number of hydrogen-bond acceptors (Lipinski definition) is 3. The fourth-order valence-corrected chi connectivity index (χ4v) is 3.49. The molecule has 0 bridgehead atoms. The second kappa shape index (κ2) is 6.22. The van der Waals surface area contributed by atoms with Crippen LogP contribution in [-0.2, 0) is 0 Å². The number of rotatable bonds is 2. The third-order valence-corrected chi connectivity index (χ3v) is 4.83. The molecule has 128 valence electrons. The van der Waals surface area contributed by atoms with Crippen molar-refractivity contribution in [3.63, 3.8) is 0 Å². The van der Waals surface area contributed by atoms with E-state index in [0.29, 0.717) is 5.82 Å². The Balaban J connectivity index is 1.73. The molecule has 0 aliphatic heterocycles. The summed E-state index contributed by atoms with van der Waals surface area (Å²) in [5.74, 6) is 0.447. The molecule has 0 atom stereocenters. The molecule has 3 nitrogen and oxygen atoms in total. The maximum absolute atomic E-state index is 6.28. The Kier molecular flexibility index (Phi) is 3.58. The lowest BCUT2D eigenvalue weighted by Crippen LogP contribution is -1.99. The summed E-state index contributed by atoms with van der Waals surface area (Å²) in [6, 6.07) is 30.8. The predicted octanol–water partition coefficient (Wildman–Crippen LogP) is 5.70. The lowest BCUT2D eigenvalue weighted by Gasteiger charge is -2.10. The van der Waals surface area contributed by atoms with E-state index in [9.17, 15) is 0 Å². The molecule has 27 heavy (non-hydrogen) atoms. The number of nitrogens with zero attached hydrogens (tertiary/aromatic N) is 2. The van der Waals surface area contributed by atoms with Crippen LogP contribution in [0.15, 0.2) is 91.0 Å². The highest BCUT2D eigenvalue weighted by molar-refractivity contribution is 6.05. The fourth-order valence-electron chi connectivity index (χ4n) is 3.49. The van der Waals surface area contributed by atoms with Crippen molar-refractivity contribution in [2.45, 2.75) is 0 Å². The second-order valence-corrected chi connectivity index (χ2v) is 6.56. The molecule has 0 fully saturated rings. The number of fused-ring (bicyclic) bond motifs is 3. The van der Waals surface area contributed by atoms with Crippen molar-refractivity contribution in [1.82, 2.24) is 9.97 Å². The van der Waals surface area contributed by atoms with Crippen molar-refractivity contribution in [2.24, 2.45) is 0 Å². The van der Waals surface area contributed by atoms with Gasteiger partial charge in [-0.1, -0.05) is 78.9 Å². The molecule has 5 rings (SSSR count). The molecular formula is C24H17N3. The number of anilines is 1. The molecule has 0 radical (unpaired) electrons. The first-order valence-electron chi connectivity index (χ1n) is 8.90. The molecule has 3 heteroatoms. The minimum absolute atomic E-state index is 0.447. The van der Waals surface area contributed by atoms with Crippen LogP contribution in [0.1, 0.15) is 0 Å². The van der Waals surface area contributed by atoms with Crippen molar-refractivity contribution in [1.29, 1.82) is 0 Å². The Bertz CT molecular complexity index is 1280. The molecule has 0 aliphatic rings. The smallest absolute Gasteiger partial charge is 0.150 e. The van der Waals surface area contributed by atoms with Crippen molar-refractivity contribution in [2.75, 3.05) is 5.73 Å².